The highest BCUT2D eigenvalue weighted by Crippen LogP contribution is 2.45. The van der Waals surface area contributed by atoms with Gasteiger partial charge in [-0.1, -0.05) is 25.8 Å². The molecule has 5 heterocycles. The lowest BCUT2D eigenvalue weighted by molar-refractivity contribution is -0.153. The molecule has 2 aromatic heterocycles. The zero-order chi connectivity index (χ0) is 22.6. The lowest BCUT2D eigenvalue weighted by Crippen LogP contribution is -2.72. The first-order chi connectivity index (χ1) is 15.4. The van der Waals surface area contributed by atoms with Gasteiger partial charge in [0.25, 0.3) is 5.56 Å². The van der Waals surface area contributed by atoms with Crippen LogP contribution in [0, 0.1) is 12.3 Å². The maximum absolute atomic E-state index is 13.8. The SMILES string of the molecule is CCCN1C(=O)NC(=O)[C@@]2(Cc3c(nc4c(C)cccn4c3=O)N3CCCCC[C@@H]32)C1=O. The molecule has 9 nitrogen and oxygen atoms in total. The number of urea groups is 1. The quantitative estimate of drug-likeness (QED) is 0.719. The number of aryl methyl sites for hydroxylation is 1. The first-order valence-electron chi connectivity index (χ1n) is 11.3. The van der Waals surface area contributed by atoms with Crippen molar-refractivity contribution in [2.24, 2.45) is 5.41 Å². The van der Waals surface area contributed by atoms with Crippen LogP contribution in [-0.4, -0.2) is 51.3 Å². The number of carbonyl (C=O) groups is 3. The lowest BCUT2D eigenvalue weighted by Gasteiger charge is -2.50. The van der Waals surface area contributed by atoms with Gasteiger partial charge in [0.05, 0.1) is 11.6 Å². The lowest BCUT2D eigenvalue weighted by atomic mass is 9.68. The van der Waals surface area contributed by atoms with Crippen molar-refractivity contribution in [1.29, 1.82) is 0 Å². The molecule has 3 aliphatic heterocycles. The van der Waals surface area contributed by atoms with Crippen molar-refractivity contribution in [3.05, 3.63) is 39.8 Å². The van der Waals surface area contributed by atoms with Crippen LogP contribution in [0.25, 0.3) is 5.65 Å². The monoisotopic (exact) mass is 437 g/mol. The number of aromatic nitrogens is 2. The van der Waals surface area contributed by atoms with Gasteiger partial charge < -0.3 is 4.90 Å². The molecule has 0 aromatic carbocycles. The summed E-state index contributed by atoms with van der Waals surface area (Å²) in [6.45, 7) is 4.62. The Labute approximate surface area is 185 Å². The Hall–Kier alpha value is -3.23. The van der Waals surface area contributed by atoms with Crippen LogP contribution in [0.3, 0.4) is 0 Å². The van der Waals surface area contributed by atoms with Crippen molar-refractivity contribution in [1.82, 2.24) is 19.6 Å². The highest BCUT2D eigenvalue weighted by Gasteiger charge is 2.62. The number of imide groups is 2. The van der Waals surface area contributed by atoms with Gasteiger partial charge in [0.15, 0.2) is 5.41 Å². The van der Waals surface area contributed by atoms with Crippen molar-refractivity contribution >= 4 is 29.3 Å². The van der Waals surface area contributed by atoms with Gasteiger partial charge in [-0.15, -0.1) is 0 Å². The topological polar surface area (TPSA) is 104 Å². The highest BCUT2D eigenvalue weighted by atomic mass is 16.2. The number of nitrogens with zero attached hydrogens (tertiary/aromatic N) is 4. The van der Waals surface area contributed by atoms with E-state index in [0.717, 1.165) is 29.7 Å². The smallest absolute Gasteiger partial charge is 0.330 e. The van der Waals surface area contributed by atoms with Crippen molar-refractivity contribution in [3.63, 3.8) is 0 Å². The largest absolute Gasteiger partial charge is 0.352 e. The van der Waals surface area contributed by atoms with Gasteiger partial charge >= 0.3 is 6.03 Å². The van der Waals surface area contributed by atoms with E-state index in [1.807, 2.05) is 24.8 Å². The second-order valence-corrected chi connectivity index (χ2v) is 9.03. The normalized spacial score (nSPS) is 25.6. The number of hydrogen-bond acceptors (Lipinski definition) is 6. The molecule has 2 aromatic rings. The first-order valence-corrected chi connectivity index (χ1v) is 11.3. The first kappa shape index (κ1) is 20.7. The Morgan fingerprint density at radius 1 is 1.19 bits per heavy atom. The average molecular weight is 438 g/mol. The third kappa shape index (κ3) is 2.73. The predicted octanol–water partition coefficient (Wildman–Crippen LogP) is 1.78. The summed E-state index contributed by atoms with van der Waals surface area (Å²) in [7, 11) is 0. The van der Waals surface area contributed by atoms with Crippen LogP contribution >= 0.6 is 0 Å². The molecule has 32 heavy (non-hydrogen) atoms. The minimum Gasteiger partial charge on any atom is -0.352 e. The molecular weight excluding hydrogens is 410 g/mol. The molecule has 2 atom stereocenters. The van der Waals surface area contributed by atoms with Crippen LogP contribution in [0.4, 0.5) is 10.6 Å². The zero-order valence-corrected chi connectivity index (χ0v) is 18.4. The Bertz CT molecular complexity index is 1200. The summed E-state index contributed by atoms with van der Waals surface area (Å²) < 4.78 is 1.49. The van der Waals surface area contributed by atoms with Gasteiger partial charge in [-0.25, -0.2) is 9.78 Å². The summed E-state index contributed by atoms with van der Waals surface area (Å²) in [6.07, 6.45) is 5.54. The van der Waals surface area contributed by atoms with Gasteiger partial charge in [-0.05, 0) is 37.8 Å². The summed E-state index contributed by atoms with van der Waals surface area (Å²) >= 11 is 0. The summed E-state index contributed by atoms with van der Waals surface area (Å²) in [5.41, 5.74) is 0.0396. The predicted molar refractivity (Wildman–Crippen MR) is 117 cm³/mol. The fourth-order valence-corrected chi connectivity index (χ4v) is 5.57. The minimum atomic E-state index is -1.51. The number of amides is 4. The van der Waals surface area contributed by atoms with Gasteiger partial charge in [-0.3, -0.25) is 29.0 Å². The second-order valence-electron chi connectivity index (χ2n) is 9.03. The minimum absolute atomic E-state index is 0.0512. The van der Waals surface area contributed by atoms with Crippen LogP contribution in [0.1, 0.15) is 50.2 Å². The molecule has 1 spiro atoms. The number of barbiturate groups is 1. The van der Waals surface area contributed by atoms with Crippen LogP contribution in [0.5, 0.6) is 0 Å². The second kappa shape index (κ2) is 7.43. The van der Waals surface area contributed by atoms with E-state index in [1.54, 1.807) is 12.3 Å². The third-order valence-electron chi connectivity index (χ3n) is 7.12. The van der Waals surface area contributed by atoms with E-state index in [4.69, 9.17) is 4.98 Å². The van der Waals surface area contributed by atoms with E-state index in [2.05, 4.69) is 5.32 Å². The van der Waals surface area contributed by atoms with Crippen LogP contribution in [0.15, 0.2) is 23.1 Å². The van der Waals surface area contributed by atoms with Crippen LogP contribution in [0.2, 0.25) is 0 Å². The summed E-state index contributed by atoms with van der Waals surface area (Å²) in [6, 6.07) is 2.56. The van der Waals surface area contributed by atoms with Crippen LogP contribution < -0.4 is 15.8 Å². The van der Waals surface area contributed by atoms with Crippen molar-refractivity contribution in [2.75, 3.05) is 18.0 Å². The summed E-state index contributed by atoms with van der Waals surface area (Å²) in [5.74, 6) is -0.526. The molecular formula is C23H27N5O4. The highest BCUT2D eigenvalue weighted by molar-refractivity contribution is 6.20. The Morgan fingerprint density at radius 2 is 2.00 bits per heavy atom. The number of fused-ring (bicyclic) bond motifs is 5. The molecule has 0 aliphatic carbocycles. The van der Waals surface area contributed by atoms with Gasteiger partial charge in [0.1, 0.15) is 11.5 Å². The molecule has 168 valence electrons. The fraction of sp³-hybridized carbons (Fsp3) is 0.522. The number of pyridine rings is 1. The molecule has 0 radical (unpaired) electrons. The number of anilines is 1. The van der Waals surface area contributed by atoms with Gasteiger partial charge in [-0.2, -0.15) is 0 Å². The molecule has 4 amide bonds. The number of hydrogen-bond donors (Lipinski definition) is 1. The van der Waals surface area contributed by atoms with Gasteiger partial charge in [0, 0.05) is 25.7 Å². The molecule has 1 N–H and O–H groups in total. The van der Waals surface area contributed by atoms with E-state index >= 15 is 0 Å². The average Bonchev–Trinajstić information content (AvgIpc) is 3.03. The number of rotatable bonds is 2. The number of carbonyl (C=O) groups excluding carboxylic acids is 3. The molecule has 0 saturated carbocycles. The van der Waals surface area contributed by atoms with E-state index in [9.17, 15) is 19.2 Å². The van der Waals surface area contributed by atoms with E-state index in [1.165, 1.54) is 4.40 Å². The van der Waals surface area contributed by atoms with Crippen molar-refractivity contribution in [3.8, 4) is 0 Å². The van der Waals surface area contributed by atoms with Crippen molar-refractivity contribution in [2.45, 2.75) is 58.4 Å². The van der Waals surface area contributed by atoms with Crippen LogP contribution in [-0.2, 0) is 16.0 Å². The summed E-state index contributed by atoms with van der Waals surface area (Å²) in [5, 5.41) is 2.43. The van der Waals surface area contributed by atoms with E-state index in [0.29, 0.717) is 36.4 Å². The summed E-state index contributed by atoms with van der Waals surface area (Å²) in [4.78, 5) is 61.3. The molecule has 2 saturated heterocycles. The third-order valence-corrected chi connectivity index (χ3v) is 7.12. The van der Waals surface area contributed by atoms with Gasteiger partial charge in [0.2, 0.25) is 11.8 Å². The maximum Gasteiger partial charge on any atom is 0.330 e. The zero-order valence-electron chi connectivity index (χ0n) is 18.4. The number of nitrogens with one attached hydrogen (secondary N) is 1. The Kier molecular flexibility index (Phi) is 4.79. The maximum atomic E-state index is 13.8. The van der Waals surface area contributed by atoms with Crippen molar-refractivity contribution < 1.29 is 14.4 Å². The molecule has 9 heteroatoms. The molecule has 0 bridgehead atoms. The molecule has 5 rings (SSSR count). The molecule has 2 fully saturated rings. The Balaban J connectivity index is 1.77. The van der Waals surface area contributed by atoms with E-state index in [-0.39, 0.29) is 18.5 Å². The molecule has 3 aliphatic rings. The standard InChI is InChI=1S/C23H27N5O4/c1-3-10-28-21(31)23(20(30)25-22(28)32)13-15-18(26-11-6-4-5-9-16(23)26)24-17-14(2)8-7-12-27(17)19(15)29/h7-8,12,16H,3-6,9-11,13H2,1-2H3,(H,25,30,32)/t16-,23+/m1/s1. The fourth-order valence-electron chi connectivity index (χ4n) is 5.57. The van der Waals surface area contributed by atoms with E-state index < -0.39 is 29.3 Å². The Morgan fingerprint density at radius 3 is 2.78 bits per heavy atom. The molecule has 0 unspecified atom stereocenters.